The molecule has 0 aliphatic carbocycles. The minimum atomic E-state index is 0.830. The van der Waals surface area contributed by atoms with Crippen LogP contribution in [0.1, 0.15) is 6.92 Å². The average Bonchev–Trinajstić information content (AvgIpc) is 2.06. The van der Waals surface area contributed by atoms with Gasteiger partial charge in [0, 0.05) is 19.7 Å². The Bertz CT molecular complexity index is 223. The molecule has 0 atom stereocenters. The van der Waals surface area contributed by atoms with Crippen molar-refractivity contribution in [1.29, 1.82) is 0 Å². The summed E-state index contributed by atoms with van der Waals surface area (Å²) in [5, 5.41) is 6.03. The second-order valence-corrected chi connectivity index (χ2v) is 2.07. The van der Waals surface area contributed by atoms with Gasteiger partial charge in [-0.15, -0.1) is 0 Å². The van der Waals surface area contributed by atoms with Gasteiger partial charge in [0.15, 0.2) is 0 Å². The highest BCUT2D eigenvalue weighted by atomic mass is 15.0. The van der Waals surface area contributed by atoms with Gasteiger partial charge in [-0.2, -0.15) is 0 Å². The Balaban J connectivity index is 2.74. The smallest absolute Gasteiger partial charge is 0.131 e. The molecule has 0 amide bonds. The van der Waals surface area contributed by atoms with Gasteiger partial charge in [-0.05, 0) is 6.92 Å². The molecule has 0 spiro atoms. The lowest BCUT2D eigenvalue weighted by molar-refractivity contribution is 1.11. The van der Waals surface area contributed by atoms with Crippen LogP contribution in [0, 0.1) is 0 Å². The lowest BCUT2D eigenvalue weighted by Crippen LogP contribution is -2.01. The largest absolute Gasteiger partial charge is 0.373 e. The number of aromatic nitrogens is 2. The first-order valence-corrected chi connectivity index (χ1v) is 3.60. The van der Waals surface area contributed by atoms with Crippen molar-refractivity contribution < 1.29 is 0 Å². The molecule has 11 heavy (non-hydrogen) atoms. The molecule has 0 saturated carbocycles. The lowest BCUT2D eigenvalue weighted by Gasteiger charge is -2.02. The first kappa shape index (κ1) is 7.78. The van der Waals surface area contributed by atoms with E-state index in [2.05, 4.69) is 20.6 Å². The van der Waals surface area contributed by atoms with Gasteiger partial charge in [0.05, 0.1) is 0 Å². The number of hydrogen-bond acceptors (Lipinski definition) is 4. The van der Waals surface area contributed by atoms with Crippen LogP contribution in [0.2, 0.25) is 0 Å². The second kappa shape index (κ2) is 3.75. The zero-order valence-electron chi connectivity index (χ0n) is 6.76. The van der Waals surface area contributed by atoms with Crippen LogP contribution in [0.3, 0.4) is 0 Å². The number of nitrogens with one attached hydrogen (secondary N) is 2. The van der Waals surface area contributed by atoms with E-state index in [0.717, 1.165) is 18.2 Å². The SMILES string of the molecule is CCNc1cc(NC)ncn1. The molecule has 0 bridgehead atoms. The molecule has 4 nitrogen and oxygen atoms in total. The highest BCUT2D eigenvalue weighted by Crippen LogP contribution is 2.06. The van der Waals surface area contributed by atoms with E-state index in [9.17, 15) is 0 Å². The first-order chi connectivity index (χ1) is 5.36. The highest BCUT2D eigenvalue weighted by Gasteiger charge is 1.92. The average molecular weight is 152 g/mol. The molecular weight excluding hydrogens is 140 g/mol. The summed E-state index contributed by atoms with van der Waals surface area (Å²) < 4.78 is 0. The second-order valence-electron chi connectivity index (χ2n) is 2.07. The van der Waals surface area contributed by atoms with Gasteiger partial charge in [-0.1, -0.05) is 0 Å². The van der Waals surface area contributed by atoms with Gasteiger partial charge in [-0.25, -0.2) is 9.97 Å². The third-order valence-corrected chi connectivity index (χ3v) is 1.28. The molecule has 4 heteroatoms. The Labute approximate surface area is 66.1 Å². The number of anilines is 2. The van der Waals surface area contributed by atoms with E-state index in [1.54, 1.807) is 0 Å². The predicted molar refractivity (Wildman–Crippen MR) is 45.7 cm³/mol. The molecule has 1 aromatic rings. The van der Waals surface area contributed by atoms with Crippen LogP contribution in [-0.2, 0) is 0 Å². The Morgan fingerprint density at radius 1 is 1.36 bits per heavy atom. The summed E-state index contributed by atoms with van der Waals surface area (Å²) in [6, 6.07) is 1.86. The molecule has 0 radical (unpaired) electrons. The molecular formula is C7H12N4. The zero-order chi connectivity index (χ0) is 8.10. The highest BCUT2D eigenvalue weighted by molar-refractivity contribution is 5.45. The summed E-state index contributed by atoms with van der Waals surface area (Å²) >= 11 is 0. The van der Waals surface area contributed by atoms with Gasteiger partial charge in [-0.3, -0.25) is 0 Å². The fraction of sp³-hybridized carbons (Fsp3) is 0.429. The Morgan fingerprint density at radius 2 is 2.09 bits per heavy atom. The molecule has 2 N–H and O–H groups in total. The van der Waals surface area contributed by atoms with Crippen LogP contribution in [0.4, 0.5) is 11.6 Å². The van der Waals surface area contributed by atoms with E-state index in [-0.39, 0.29) is 0 Å². The maximum atomic E-state index is 4.01. The van der Waals surface area contributed by atoms with E-state index >= 15 is 0 Å². The van der Waals surface area contributed by atoms with Crippen molar-refractivity contribution in [2.75, 3.05) is 24.2 Å². The van der Waals surface area contributed by atoms with E-state index < -0.39 is 0 Å². The molecule has 0 aliphatic rings. The van der Waals surface area contributed by atoms with Crippen molar-refractivity contribution in [3.8, 4) is 0 Å². The summed E-state index contributed by atoms with van der Waals surface area (Å²) in [4.78, 5) is 7.99. The number of hydrogen-bond donors (Lipinski definition) is 2. The topological polar surface area (TPSA) is 49.8 Å². The standard InChI is InChI=1S/C7H12N4/c1-3-9-7-4-6(8-2)10-5-11-7/h4-5H,3H2,1-2H3,(H2,8,9,10,11). The Hall–Kier alpha value is -1.32. The van der Waals surface area contributed by atoms with E-state index in [0.29, 0.717) is 0 Å². The summed E-state index contributed by atoms with van der Waals surface area (Å²) in [5.74, 6) is 1.68. The van der Waals surface area contributed by atoms with Gasteiger partial charge < -0.3 is 10.6 Å². The van der Waals surface area contributed by atoms with E-state index in [1.165, 1.54) is 6.33 Å². The molecule has 0 saturated heterocycles. The predicted octanol–water partition coefficient (Wildman–Crippen LogP) is 0.950. The van der Waals surface area contributed by atoms with Gasteiger partial charge in [0.25, 0.3) is 0 Å². The molecule has 0 aliphatic heterocycles. The molecule has 1 heterocycles. The van der Waals surface area contributed by atoms with Crippen LogP contribution in [-0.4, -0.2) is 23.6 Å². The zero-order valence-corrected chi connectivity index (χ0v) is 6.76. The van der Waals surface area contributed by atoms with Crippen molar-refractivity contribution in [3.05, 3.63) is 12.4 Å². The van der Waals surface area contributed by atoms with E-state index in [4.69, 9.17) is 0 Å². The van der Waals surface area contributed by atoms with Crippen LogP contribution in [0.25, 0.3) is 0 Å². The van der Waals surface area contributed by atoms with Crippen LogP contribution < -0.4 is 10.6 Å². The monoisotopic (exact) mass is 152 g/mol. The summed E-state index contributed by atoms with van der Waals surface area (Å²) in [5.41, 5.74) is 0. The van der Waals surface area contributed by atoms with Gasteiger partial charge in [0.1, 0.15) is 18.0 Å². The third-order valence-electron chi connectivity index (χ3n) is 1.28. The molecule has 0 aromatic carbocycles. The molecule has 1 rings (SSSR count). The van der Waals surface area contributed by atoms with E-state index in [1.807, 2.05) is 20.0 Å². The van der Waals surface area contributed by atoms with Crippen molar-refractivity contribution >= 4 is 11.6 Å². The fourth-order valence-corrected chi connectivity index (χ4v) is 0.772. The van der Waals surface area contributed by atoms with Crippen LogP contribution in [0.5, 0.6) is 0 Å². The fourth-order valence-electron chi connectivity index (χ4n) is 0.772. The summed E-state index contributed by atoms with van der Waals surface area (Å²) in [6.45, 7) is 2.90. The number of rotatable bonds is 3. The third kappa shape index (κ3) is 2.07. The Morgan fingerprint density at radius 3 is 2.73 bits per heavy atom. The Kier molecular flexibility index (Phi) is 2.66. The quantitative estimate of drug-likeness (QED) is 0.677. The molecule has 0 fully saturated rings. The van der Waals surface area contributed by atoms with Gasteiger partial charge in [0.2, 0.25) is 0 Å². The first-order valence-electron chi connectivity index (χ1n) is 3.60. The van der Waals surface area contributed by atoms with Gasteiger partial charge >= 0.3 is 0 Å². The minimum absolute atomic E-state index is 0.830. The summed E-state index contributed by atoms with van der Waals surface area (Å²) in [7, 11) is 1.83. The normalized spacial score (nSPS) is 9.27. The maximum Gasteiger partial charge on any atom is 0.131 e. The number of nitrogens with zero attached hydrogens (tertiary/aromatic N) is 2. The summed E-state index contributed by atoms with van der Waals surface area (Å²) in [6.07, 6.45) is 1.53. The molecule has 60 valence electrons. The van der Waals surface area contributed by atoms with Crippen LogP contribution >= 0.6 is 0 Å². The van der Waals surface area contributed by atoms with Crippen molar-refractivity contribution in [2.45, 2.75) is 6.92 Å². The van der Waals surface area contributed by atoms with Crippen molar-refractivity contribution in [3.63, 3.8) is 0 Å². The van der Waals surface area contributed by atoms with Crippen LogP contribution in [0.15, 0.2) is 12.4 Å². The maximum absolute atomic E-state index is 4.01. The minimum Gasteiger partial charge on any atom is -0.373 e. The lowest BCUT2D eigenvalue weighted by atomic mass is 10.5. The van der Waals surface area contributed by atoms with Crippen molar-refractivity contribution in [2.24, 2.45) is 0 Å². The van der Waals surface area contributed by atoms with Crippen molar-refractivity contribution in [1.82, 2.24) is 9.97 Å². The molecule has 1 aromatic heterocycles. The molecule has 0 unspecified atom stereocenters.